The summed E-state index contributed by atoms with van der Waals surface area (Å²) in [5.41, 5.74) is 2.55. The van der Waals surface area contributed by atoms with E-state index in [1.165, 1.54) is 5.56 Å². The molecule has 1 saturated heterocycles. The van der Waals surface area contributed by atoms with E-state index in [1.54, 1.807) is 11.1 Å². The van der Waals surface area contributed by atoms with Gasteiger partial charge in [-0.25, -0.2) is 14.8 Å². The van der Waals surface area contributed by atoms with Crippen LogP contribution in [0.25, 0.3) is 11.3 Å². The van der Waals surface area contributed by atoms with E-state index < -0.39 is 5.60 Å². The molecule has 2 aromatic rings. The number of amides is 1. The number of aromatic nitrogens is 2. The molecule has 6 nitrogen and oxygen atoms in total. The third-order valence-corrected chi connectivity index (χ3v) is 4.83. The first kappa shape index (κ1) is 20.6. The first-order valence-corrected chi connectivity index (χ1v) is 9.89. The van der Waals surface area contributed by atoms with Crippen molar-refractivity contribution in [2.75, 3.05) is 19.6 Å². The summed E-state index contributed by atoms with van der Waals surface area (Å²) in [6.45, 7) is 10.8. The maximum absolute atomic E-state index is 12.3. The molecule has 0 spiro atoms. The first-order chi connectivity index (χ1) is 13.2. The van der Waals surface area contributed by atoms with Crippen molar-refractivity contribution in [2.45, 2.75) is 45.9 Å². The van der Waals surface area contributed by atoms with Gasteiger partial charge in [-0.3, -0.25) is 4.90 Å². The summed E-state index contributed by atoms with van der Waals surface area (Å²) < 4.78 is 5.50. The number of carbonyl (C=O) groups is 1. The van der Waals surface area contributed by atoms with Crippen LogP contribution in [0.1, 0.15) is 33.3 Å². The molecule has 1 aromatic heterocycles. The normalized spacial score (nSPS) is 18.2. The molecular formula is C21H27ClN4O2. The second kappa shape index (κ2) is 8.45. The molecule has 1 aromatic carbocycles. The predicted molar refractivity (Wildman–Crippen MR) is 110 cm³/mol. The number of piperazine rings is 1. The largest absolute Gasteiger partial charge is 0.444 e. The van der Waals surface area contributed by atoms with Crippen molar-refractivity contribution < 1.29 is 9.53 Å². The van der Waals surface area contributed by atoms with E-state index in [4.69, 9.17) is 16.3 Å². The lowest BCUT2D eigenvalue weighted by molar-refractivity contribution is 0.00461. The van der Waals surface area contributed by atoms with Crippen molar-refractivity contribution in [1.29, 1.82) is 0 Å². The number of carbonyl (C=O) groups excluding carboxylic acids is 1. The Bertz CT molecular complexity index is 837. The Kier molecular flexibility index (Phi) is 6.20. The second-order valence-corrected chi connectivity index (χ2v) is 8.50. The average molecular weight is 403 g/mol. The Morgan fingerprint density at radius 3 is 2.75 bits per heavy atom. The van der Waals surface area contributed by atoms with E-state index >= 15 is 0 Å². The van der Waals surface area contributed by atoms with Crippen molar-refractivity contribution in [1.82, 2.24) is 19.8 Å². The molecule has 3 rings (SSSR count). The molecule has 0 saturated carbocycles. The van der Waals surface area contributed by atoms with Crippen LogP contribution in [0.5, 0.6) is 0 Å². The van der Waals surface area contributed by atoms with Gasteiger partial charge < -0.3 is 9.64 Å². The number of ether oxygens (including phenoxy) is 1. The van der Waals surface area contributed by atoms with Crippen LogP contribution in [0.3, 0.4) is 0 Å². The van der Waals surface area contributed by atoms with Crippen LogP contribution in [0.2, 0.25) is 5.28 Å². The molecule has 1 aliphatic rings. The van der Waals surface area contributed by atoms with Gasteiger partial charge in [0.1, 0.15) is 5.60 Å². The average Bonchev–Trinajstić information content (AvgIpc) is 2.62. The Morgan fingerprint density at radius 1 is 1.29 bits per heavy atom. The lowest BCUT2D eigenvalue weighted by Crippen LogP contribution is -2.54. The smallest absolute Gasteiger partial charge is 0.410 e. The molecule has 1 aliphatic heterocycles. The Morgan fingerprint density at radius 2 is 2.07 bits per heavy atom. The van der Waals surface area contributed by atoms with Gasteiger partial charge in [0.25, 0.3) is 0 Å². The van der Waals surface area contributed by atoms with Crippen molar-refractivity contribution >= 4 is 17.7 Å². The van der Waals surface area contributed by atoms with E-state index in [0.717, 1.165) is 24.3 Å². The van der Waals surface area contributed by atoms with Crippen molar-refractivity contribution in [2.24, 2.45) is 0 Å². The van der Waals surface area contributed by atoms with Crippen LogP contribution in [-0.2, 0) is 11.3 Å². The number of benzene rings is 1. The third-order valence-electron chi connectivity index (χ3n) is 4.65. The number of nitrogens with zero attached hydrogens (tertiary/aromatic N) is 4. The van der Waals surface area contributed by atoms with Gasteiger partial charge in [0.05, 0.1) is 5.69 Å². The van der Waals surface area contributed by atoms with Crippen molar-refractivity contribution in [3.63, 3.8) is 0 Å². The molecule has 150 valence electrons. The molecule has 0 radical (unpaired) electrons. The van der Waals surface area contributed by atoms with Gasteiger partial charge in [-0.2, -0.15) is 0 Å². The van der Waals surface area contributed by atoms with Crippen molar-refractivity contribution in [3.8, 4) is 11.3 Å². The van der Waals surface area contributed by atoms with E-state index in [9.17, 15) is 4.79 Å². The van der Waals surface area contributed by atoms with Gasteiger partial charge in [0.15, 0.2) is 0 Å². The van der Waals surface area contributed by atoms with Crippen LogP contribution < -0.4 is 0 Å². The summed E-state index contributed by atoms with van der Waals surface area (Å²) in [6, 6.07) is 10.4. The summed E-state index contributed by atoms with van der Waals surface area (Å²) in [5, 5.41) is 0.245. The molecule has 0 N–H and O–H groups in total. The van der Waals surface area contributed by atoms with Crippen LogP contribution in [0, 0.1) is 0 Å². The van der Waals surface area contributed by atoms with Crippen molar-refractivity contribution in [3.05, 3.63) is 47.4 Å². The summed E-state index contributed by atoms with van der Waals surface area (Å²) in [7, 11) is 0. The molecule has 28 heavy (non-hydrogen) atoms. The quantitative estimate of drug-likeness (QED) is 0.718. The maximum Gasteiger partial charge on any atom is 0.410 e. The van der Waals surface area contributed by atoms with Gasteiger partial charge in [-0.1, -0.05) is 18.2 Å². The van der Waals surface area contributed by atoms with E-state index in [1.807, 2.05) is 39.0 Å². The molecule has 1 atom stereocenters. The highest BCUT2D eigenvalue weighted by Gasteiger charge is 2.29. The van der Waals surface area contributed by atoms with Gasteiger partial charge in [0, 0.05) is 44.0 Å². The minimum absolute atomic E-state index is 0.235. The van der Waals surface area contributed by atoms with Gasteiger partial charge in [0.2, 0.25) is 5.28 Å². The second-order valence-electron chi connectivity index (χ2n) is 8.16. The minimum atomic E-state index is -0.470. The fraction of sp³-hybridized carbons (Fsp3) is 0.476. The summed E-state index contributed by atoms with van der Waals surface area (Å²) in [4.78, 5) is 24.7. The molecular weight excluding hydrogens is 376 g/mol. The standard InChI is InChI=1S/C21H27ClN4O2/c1-15-13-26(20(27)28-21(2,3)4)11-10-25(15)14-16-6-5-7-17(12-16)18-8-9-23-19(22)24-18/h5-9,12,15H,10-11,13-14H2,1-4H3/t15-/m0/s1. The Balaban J connectivity index is 1.64. The zero-order chi connectivity index (χ0) is 20.3. The van der Waals surface area contributed by atoms with Gasteiger partial charge >= 0.3 is 6.09 Å². The van der Waals surface area contributed by atoms with Crippen LogP contribution in [0.4, 0.5) is 4.79 Å². The minimum Gasteiger partial charge on any atom is -0.444 e. The van der Waals surface area contributed by atoms with E-state index in [0.29, 0.717) is 13.1 Å². The zero-order valence-electron chi connectivity index (χ0n) is 16.9. The summed E-state index contributed by atoms with van der Waals surface area (Å²) in [5.74, 6) is 0. The summed E-state index contributed by atoms with van der Waals surface area (Å²) in [6.07, 6.45) is 1.43. The number of hydrogen-bond acceptors (Lipinski definition) is 5. The number of rotatable bonds is 3. The fourth-order valence-corrected chi connectivity index (χ4v) is 3.43. The zero-order valence-corrected chi connectivity index (χ0v) is 17.6. The molecule has 2 heterocycles. The summed E-state index contributed by atoms with van der Waals surface area (Å²) >= 11 is 5.92. The van der Waals surface area contributed by atoms with Crippen LogP contribution in [0.15, 0.2) is 36.5 Å². The van der Waals surface area contributed by atoms with Gasteiger partial charge in [-0.15, -0.1) is 0 Å². The third kappa shape index (κ3) is 5.42. The number of hydrogen-bond donors (Lipinski definition) is 0. The molecule has 7 heteroatoms. The first-order valence-electron chi connectivity index (χ1n) is 9.51. The SMILES string of the molecule is C[C@H]1CN(C(=O)OC(C)(C)C)CCN1Cc1cccc(-c2ccnc(Cl)n2)c1. The lowest BCUT2D eigenvalue weighted by atomic mass is 10.1. The fourth-order valence-electron chi connectivity index (χ4n) is 3.28. The highest BCUT2D eigenvalue weighted by Crippen LogP contribution is 2.22. The van der Waals surface area contributed by atoms with Crippen LogP contribution in [-0.4, -0.2) is 57.1 Å². The molecule has 0 aliphatic carbocycles. The molecule has 0 bridgehead atoms. The Hall–Kier alpha value is -2.18. The van der Waals surface area contributed by atoms with Crippen LogP contribution >= 0.6 is 11.6 Å². The molecule has 1 amide bonds. The monoisotopic (exact) mass is 402 g/mol. The molecule has 1 fully saturated rings. The molecule has 0 unspecified atom stereocenters. The lowest BCUT2D eigenvalue weighted by Gasteiger charge is -2.40. The van der Waals surface area contributed by atoms with E-state index in [2.05, 4.69) is 33.9 Å². The topological polar surface area (TPSA) is 58.6 Å². The Labute approximate surface area is 171 Å². The maximum atomic E-state index is 12.3. The highest BCUT2D eigenvalue weighted by molar-refractivity contribution is 6.28. The predicted octanol–water partition coefficient (Wildman–Crippen LogP) is 4.24. The van der Waals surface area contributed by atoms with Gasteiger partial charge in [-0.05, 0) is 57.0 Å². The van der Waals surface area contributed by atoms with E-state index in [-0.39, 0.29) is 17.4 Å². The number of halogens is 1. The highest BCUT2D eigenvalue weighted by atomic mass is 35.5.